The molecule has 0 N–H and O–H groups in total. The number of para-hydroxylation sites is 1. The number of ether oxygens (including phenoxy) is 2. The van der Waals surface area contributed by atoms with Crippen LogP contribution >= 0.6 is 0 Å². The second-order valence-corrected chi connectivity index (χ2v) is 7.09. The molecule has 0 saturated carbocycles. The summed E-state index contributed by atoms with van der Waals surface area (Å²) in [4.78, 5) is 19.4. The van der Waals surface area contributed by atoms with Gasteiger partial charge in [-0.3, -0.25) is 4.79 Å². The predicted molar refractivity (Wildman–Crippen MR) is 107 cm³/mol. The van der Waals surface area contributed by atoms with Crippen molar-refractivity contribution < 1.29 is 23.2 Å². The third kappa shape index (κ3) is 3.85. The van der Waals surface area contributed by atoms with Gasteiger partial charge < -0.3 is 18.9 Å². The number of hydrogen-bond donors (Lipinski definition) is 0. The van der Waals surface area contributed by atoms with E-state index in [0.717, 1.165) is 12.8 Å². The van der Waals surface area contributed by atoms with Crippen LogP contribution in [0.3, 0.4) is 0 Å². The molecule has 2 aromatic carbocycles. The minimum atomic E-state index is -0.322. The molecule has 1 aromatic heterocycles. The molecule has 0 bridgehead atoms. The Morgan fingerprint density at radius 3 is 2.70 bits per heavy atom. The molecule has 156 valence electrons. The molecule has 1 atom stereocenters. The largest absolute Gasteiger partial charge is 0.493 e. The number of carbonyl (C=O) groups is 1. The van der Waals surface area contributed by atoms with Gasteiger partial charge in [-0.1, -0.05) is 11.2 Å². The maximum atomic E-state index is 13.2. The lowest BCUT2D eigenvalue weighted by Crippen LogP contribution is -2.39. The van der Waals surface area contributed by atoms with Crippen molar-refractivity contribution >= 4 is 5.91 Å². The molecule has 1 amide bonds. The number of aromatic nitrogens is 2. The van der Waals surface area contributed by atoms with Gasteiger partial charge in [-0.25, -0.2) is 4.39 Å². The van der Waals surface area contributed by atoms with Gasteiger partial charge in [-0.2, -0.15) is 4.98 Å². The van der Waals surface area contributed by atoms with Crippen LogP contribution in [0.5, 0.6) is 11.5 Å². The van der Waals surface area contributed by atoms with Crippen molar-refractivity contribution in [2.75, 3.05) is 27.3 Å². The first-order valence-corrected chi connectivity index (χ1v) is 9.70. The summed E-state index contributed by atoms with van der Waals surface area (Å²) in [6.45, 7) is 1.10. The zero-order valence-corrected chi connectivity index (χ0v) is 16.8. The summed E-state index contributed by atoms with van der Waals surface area (Å²) < 4.78 is 29.3. The third-order valence-corrected chi connectivity index (χ3v) is 5.24. The van der Waals surface area contributed by atoms with E-state index in [2.05, 4.69) is 10.1 Å². The summed E-state index contributed by atoms with van der Waals surface area (Å²) in [6.07, 6.45) is 1.65. The zero-order chi connectivity index (χ0) is 21.1. The highest BCUT2D eigenvalue weighted by molar-refractivity contribution is 5.98. The quantitative estimate of drug-likeness (QED) is 0.633. The second kappa shape index (κ2) is 8.52. The Bertz CT molecular complexity index is 1040. The Labute approximate surface area is 173 Å². The molecule has 1 fully saturated rings. The van der Waals surface area contributed by atoms with Crippen molar-refractivity contribution in [1.29, 1.82) is 0 Å². The lowest BCUT2D eigenvalue weighted by Gasteiger charge is -2.31. The van der Waals surface area contributed by atoms with E-state index in [1.807, 2.05) is 0 Å². The Morgan fingerprint density at radius 2 is 1.97 bits per heavy atom. The van der Waals surface area contributed by atoms with Gasteiger partial charge in [0.05, 0.1) is 25.7 Å². The number of rotatable bonds is 5. The first kappa shape index (κ1) is 19.9. The molecule has 4 rings (SSSR count). The number of carbonyl (C=O) groups excluding carboxylic acids is 1. The monoisotopic (exact) mass is 411 g/mol. The summed E-state index contributed by atoms with van der Waals surface area (Å²) in [5.41, 5.74) is 1.13. The first-order chi connectivity index (χ1) is 14.6. The Balaban J connectivity index is 1.53. The molecule has 1 saturated heterocycles. The molecule has 1 unspecified atom stereocenters. The van der Waals surface area contributed by atoms with Crippen molar-refractivity contribution in [3.8, 4) is 22.9 Å². The highest BCUT2D eigenvalue weighted by Crippen LogP contribution is 2.34. The van der Waals surface area contributed by atoms with Crippen LogP contribution in [0.15, 0.2) is 47.0 Å². The molecule has 0 radical (unpaired) electrons. The fourth-order valence-corrected chi connectivity index (χ4v) is 3.71. The molecule has 30 heavy (non-hydrogen) atoms. The van der Waals surface area contributed by atoms with Crippen LogP contribution in [0, 0.1) is 5.82 Å². The Hall–Kier alpha value is -3.42. The molecule has 1 aliphatic heterocycles. The predicted octanol–water partition coefficient (Wildman–Crippen LogP) is 3.91. The summed E-state index contributed by atoms with van der Waals surface area (Å²) in [5.74, 6) is 1.29. The molecule has 1 aliphatic rings. The van der Waals surface area contributed by atoms with Gasteiger partial charge in [0.15, 0.2) is 11.5 Å². The van der Waals surface area contributed by atoms with Crippen molar-refractivity contribution in [2.24, 2.45) is 0 Å². The van der Waals surface area contributed by atoms with Crippen molar-refractivity contribution in [3.63, 3.8) is 0 Å². The summed E-state index contributed by atoms with van der Waals surface area (Å²) in [7, 11) is 3.06. The highest BCUT2D eigenvalue weighted by Gasteiger charge is 2.31. The minimum Gasteiger partial charge on any atom is -0.493 e. The topological polar surface area (TPSA) is 77.7 Å². The Morgan fingerprint density at radius 1 is 1.17 bits per heavy atom. The number of amides is 1. The molecule has 0 aliphatic carbocycles. The Kier molecular flexibility index (Phi) is 5.65. The van der Waals surface area contributed by atoms with E-state index < -0.39 is 0 Å². The van der Waals surface area contributed by atoms with Gasteiger partial charge in [-0.15, -0.1) is 0 Å². The number of piperidine rings is 1. The number of likely N-dealkylation sites (tertiary alicyclic amines) is 1. The number of hydrogen-bond acceptors (Lipinski definition) is 6. The first-order valence-electron chi connectivity index (χ1n) is 9.70. The van der Waals surface area contributed by atoms with Crippen molar-refractivity contribution in [3.05, 3.63) is 59.7 Å². The van der Waals surface area contributed by atoms with Crippen LogP contribution in [0.25, 0.3) is 11.4 Å². The van der Waals surface area contributed by atoms with Gasteiger partial charge in [0.25, 0.3) is 5.91 Å². The van der Waals surface area contributed by atoms with E-state index in [0.29, 0.717) is 47.4 Å². The minimum absolute atomic E-state index is 0.0685. The maximum absolute atomic E-state index is 13.2. The molecule has 0 spiro atoms. The average molecular weight is 411 g/mol. The normalized spacial score (nSPS) is 16.4. The van der Waals surface area contributed by atoms with E-state index in [-0.39, 0.29) is 17.6 Å². The summed E-state index contributed by atoms with van der Waals surface area (Å²) >= 11 is 0. The summed E-state index contributed by atoms with van der Waals surface area (Å²) in [5, 5.41) is 4.02. The summed E-state index contributed by atoms with van der Waals surface area (Å²) in [6, 6.07) is 11.2. The fourth-order valence-electron chi connectivity index (χ4n) is 3.71. The average Bonchev–Trinajstić information content (AvgIpc) is 3.29. The van der Waals surface area contributed by atoms with Crippen LogP contribution in [-0.4, -0.2) is 48.3 Å². The van der Waals surface area contributed by atoms with Crippen LogP contribution < -0.4 is 9.47 Å². The molecule has 3 aromatic rings. The van der Waals surface area contributed by atoms with Crippen LogP contribution in [0.1, 0.15) is 35.0 Å². The lowest BCUT2D eigenvalue weighted by atomic mass is 9.97. The molecular weight excluding hydrogens is 389 g/mol. The number of halogens is 1. The van der Waals surface area contributed by atoms with E-state index in [4.69, 9.17) is 14.0 Å². The van der Waals surface area contributed by atoms with Gasteiger partial charge in [0.2, 0.25) is 11.7 Å². The van der Waals surface area contributed by atoms with Crippen molar-refractivity contribution in [2.45, 2.75) is 18.8 Å². The van der Waals surface area contributed by atoms with Gasteiger partial charge in [-0.05, 0) is 49.2 Å². The van der Waals surface area contributed by atoms with Gasteiger partial charge in [0, 0.05) is 18.7 Å². The molecular formula is C22H22FN3O4. The van der Waals surface area contributed by atoms with Crippen LogP contribution in [0.4, 0.5) is 4.39 Å². The SMILES string of the molecule is COc1cccc(C(=O)N2CCCC(c3nc(-c4ccc(F)cc4)no3)C2)c1OC. The van der Waals surface area contributed by atoms with Crippen LogP contribution in [0.2, 0.25) is 0 Å². The van der Waals surface area contributed by atoms with E-state index in [9.17, 15) is 9.18 Å². The number of methoxy groups -OCH3 is 2. The van der Waals surface area contributed by atoms with Crippen molar-refractivity contribution in [1.82, 2.24) is 15.0 Å². The van der Waals surface area contributed by atoms with Gasteiger partial charge in [0.1, 0.15) is 5.82 Å². The molecule has 8 heteroatoms. The van der Waals surface area contributed by atoms with Gasteiger partial charge >= 0.3 is 0 Å². The van der Waals surface area contributed by atoms with E-state index in [1.54, 1.807) is 35.2 Å². The fraction of sp³-hybridized carbons (Fsp3) is 0.318. The third-order valence-electron chi connectivity index (χ3n) is 5.24. The second-order valence-electron chi connectivity index (χ2n) is 7.09. The van der Waals surface area contributed by atoms with E-state index >= 15 is 0 Å². The molecule has 2 heterocycles. The highest BCUT2D eigenvalue weighted by atomic mass is 19.1. The maximum Gasteiger partial charge on any atom is 0.257 e. The number of benzene rings is 2. The smallest absolute Gasteiger partial charge is 0.257 e. The number of nitrogens with zero attached hydrogens (tertiary/aromatic N) is 3. The van der Waals surface area contributed by atoms with Crippen LogP contribution in [-0.2, 0) is 0 Å². The molecule has 7 nitrogen and oxygen atoms in total. The van der Waals surface area contributed by atoms with E-state index in [1.165, 1.54) is 26.4 Å². The lowest BCUT2D eigenvalue weighted by molar-refractivity contribution is 0.0691. The standard InChI is InChI=1S/C22H22FN3O4/c1-28-18-7-3-6-17(19(18)29-2)22(27)26-12-4-5-15(13-26)21-24-20(25-30-21)14-8-10-16(23)11-9-14/h3,6-11,15H,4-5,12-13H2,1-2H3. The zero-order valence-electron chi connectivity index (χ0n) is 16.8.